The van der Waals surface area contributed by atoms with Crippen LogP contribution >= 0.6 is 24.0 Å². The van der Waals surface area contributed by atoms with Gasteiger partial charge in [0.2, 0.25) is 0 Å². The van der Waals surface area contributed by atoms with Crippen molar-refractivity contribution >= 4 is 29.9 Å². The zero-order valence-electron chi connectivity index (χ0n) is 18.7. The van der Waals surface area contributed by atoms with Crippen LogP contribution in [0.2, 0.25) is 0 Å². The highest BCUT2D eigenvalue weighted by molar-refractivity contribution is 14.0. The molecule has 0 amide bonds. The number of nitrogens with zero attached hydrogens (tertiary/aromatic N) is 1. The molecule has 4 fully saturated rings. The van der Waals surface area contributed by atoms with Gasteiger partial charge in [-0.2, -0.15) is 0 Å². The number of benzene rings is 1. The maximum absolute atomic E-state index is 6.38. The van der Waals surface area contributed by atoms with Crippen LogP contribution in [0.3, 0.4) is 0 Å². The van der Waals surface area contributed by atoms with E-state index >= 15 is 0 Å². The van der Waals surface area contributed by atoms with Gasteiger partial charge in [-0.05, 0) is 51.0 Å². The smallest absolute Gasteiger partial charge is 0.191 e. The van der Waals surface area contributed by atoms with Gasteiger partial charge in [-0.1, -0.05) is 18.6 Å². The topological polar surface area (TPSA) is 64.1 Å². The number of halogens is 1. The molecule has 7 heteroatoms. The summed E-state index contributed by atoms with van der Waals surface area (Å²) in [6.45, 7) is 1.57. The fourth-order valence-corrected chi connectivity index (χ4v) is 6.14. The van der Waals surface area contributed by atoms with Crippen LogP contribution < -0.4 is 20.1 Å². The summed E-state index contributed by atoms with van der Waals surface area (Å²) >= 11 is 0. The molecule has 6 nitrogen and oxygen atoms in total. The first kappa shape index (κ1) is 23.0. The molecule has 1 saturated heterocycles. The Morgan fingerprint density at radius 3 is 2.68 bits per heavy atom. The number of hydrogen-bond acceptors (Lipinski definition) is 4. The Hall–Kier alpha value is -1.22. The SMILES string of the molecule is CN=C(NCc1cccc(OC)c1OC1CCCC1)NC1C2CCOC2C12CCC2.I. The summed E-state index contributed by atoms with van der Waals surface area (Å²) in [6, 6.07) is 6.61. The van der Waals surface area contributed by atoms with Crippen molar-refractivity contribution in [3.63, 3.8) is 0 Å². The largest absolute Gasteiger partial charge is 0.493 e. The van der Waals surface area contributed by atoms with Crippen LogP contribution in [0.15, 0.2) is 23.2 Å². The Morgan fingerprint density at radius 2 is 2.00 bits per heavy atom. The first-order chi connectivity index (χ1) is 14.7. The molecule has 0 bridgehead atoms. The highest BCUT2D eigenvalue weighted by Crippen LogP contribution is 2.62. The minimum atomic E-state index is 0. The number of para-hydroxylation sites is 1. The van der Waals surface area contributed by atoms with Crippen LogP contribution in [0, 0.1) is 11.3 Å². The van der Waals surface area contributed by atoms with E-state index in [2.05, 4.69) is 21.7 Å². The summed E-state index contributed by atoms with van der Waals surface area (Å²) in [5, 5.41) is 7.28. The molecule has 1 spiro atoms. The van der Waals surface area contributed by atoms with E-state index in [1.165, 1.54) is 32.1 Å². The number of guanidine groups is 1. The second kappa shape index (κ2) is 9.73. The second-order valence-electron chi connectivity index (χ2n) is 9.35. The van der Waals surface area contributed by atoms with Gasteiger partial charge in [-0.3, -0.25) is 4.99 Å². The number of ether oxygens (including phenoxy) is 3. The molecule has 3 saturated carbocycles. The van der Waals surface area contributed by atoms with Crippen molar-refractivity contribution in [2.24, 2.45) is 16.3 Å². The third kappa shape index (κ3) is 4.12. The molecule has 1 aromatic carbocycles. The maximum Gasteiger partial charge on any atom is 0.191 e. The number of methoxy groups -OCH3 is 1. The molecule has 1 aliphatic heterocycles. The van der Waals surface area contributed by atoms with Gasteiger partial charge in [0, 0.05) is 43.1 Å². The van der Waals surface area contributed by atoms with E-state index in [1.54, 1.807) is 7.11 Å². The van der Waals surface area contributed by atoms with Gasteiger partial charge in [0.25, 0.3) is 0 Å². The standard InChI is InChI=1S/C24H35N3O3.HI/c1-25-23(27-21-18-11-14-29-22(18)24(21)12-6-13-24)26-15-16-7-5-10-19(28-2)20(16)30-17-8-3-4-9-17;/h5,7,10,17-18,21-22H,3-4,6,8-9,11-15H2,1-2H3,(H2,25,26,27);1H. The van der Waals surface area contributed by atoms with E-state index in [0.29, 0.717) is 36.1 Å². The Balaban J connectivity index is 0.00000231. The molecule has 2 N–H and O–H groups in total. The monoisotopic (exact) mass is 541 g/mol. The van der Waals surface area contributed by atoms with E-state index in [9.17, 15) is 0 Å². The predicted octanol–water partition coefficient (Wildman–Crippen LogP) is 4.26. The van der Waals surface area contributed by atoms with Crippen LogP contribution in [-0.2, 0) is 11.3 Å². The normalized spacial score (nSPS) is 28.8. The van der Waals surface area contributed by atoms with Crippen molar-refractivity contribution in [2.75, 3.05) is 20.8 Å². The quantitative estimate of drug-likeness (QED) is 0.320. The Labute approximate surface area is 202 Å². The molecule has 3 atom stereocenters. The zero-order chi connectivity index (χ0) is 20.6. The molecular formula is C24H36IN3O3. The minimum Gasteiger partial charge on any atom is -0.493 e. The Kier molecular flexibility index (Phi) is 7.20. The van der Waals surface area contributed by atoms with E-state index < -0.39 is 0 Å². The van der Waals surface area contributed by atoms with Crippen LogP contribution in [-0.4, -0.2) is 45.0 Å². The minimum absolute atomic E-state index is 0. The number of nitrogens with one attached hydrogen (secondary N) is 2. The van der Waals surface area contributed by atoms with E-state index in [1.807, 2.05) is 19.2 Å². The van der Waals surface area contributed by atoms with Gasteiger partial charge in [0.1, 0.15) is 0 Å². The predicted molar refractivity (Wildman–Crippen MR) is 133 cm³/mol. The maximum atomic E-state index is 6.38. The summed E-state index contributed by atoms with van der Waals surface area (Å²) in [6.07, 6.45) is 10.6. The first-order valence-electron chi connectivity index (χ1n) is 11.7. The van der Waals surface area contributed by atoms with Crippen molar-refractivity contribution in [3.05, 3.63) is 23.8 Å². The van der Waals surface area contributed by atoms with Crippen LogP contribution in [0.4, 0.5) is 0 Å². The third-order valence-corrected chi connectivity index (χ3v) is 7.87. The molecule has 0 radical (unpaired) electrons. The molecule has 1 heterocycles. The van der Waals surface area contributed by atoms with Crippen LogP contribution in [0.25, 0.3) is 0 Å². The summed E-state index contributed by atoms with van der Waals surface area (Å²) in [5.74, 6) is 3.17. The summed E-state index contributed by atoms with van der Waals surface area (Å²) in [7, 11) is 3.56. The van der Waals surface area contributed by atoms with Crippen LogP contribution in [0.1, 0.15) is 56.9 Å². The molecule has 4 aliphatic rings. The molecule has 31 heavy (non-hydrogen) atoms. The number of fused-ring (bicyclic) bond motifs is 2. The van der Waals surface area contributed by atoms with Crippen molar-refractivity contribution in [1.29, 1.82) is 0 Å². The Bertz CT molecular complexity index is 792. The molecule has 5 rings (SSSR count). The molecule has 3 unspecified atom stereocenters. The summed E-state index contributed by atoms with van der Waals surface area (Å²) in [4.78, 5) is 4.52. The van der Waals surface area contributed by atoms with Gasteiger partial charge >= 0.3 is 0 Å². The number of rotatable bonds is 6. The van der Waals surface area contributed by atoms with Crippen LogP contribution in [0.5, 0.6) is 11.5 Å². The fraction of sp³-hybridized carbons (Fsp3) is 0.708. The lowest BCUT2D eigenvalue weighted by Gasteiger charge is -2.63. The average Bonchev–Trinajstić information content (AvgIpc) is 3.39. The molecule has 3 aliphatic carbocycles. The zero-order valence-corrected chi connectivity index (χ0v) is 21.0. The number of aliphatic imine (C=N–C) groups is 1. The van der Waals surface area contributed by atoms with Gasteiger partial charge in [-0.25, -0.2) is 0 Å². The van der Waals surface area contributed by atoms with Gasteiger partial charge in [-0.15, -0.1) is 24.0 Å². The highest BCUT2D eigenvalue weighted by atomic mass is 127. The second-order valence-corrected chi connectivity index (χ2v) is 9.35. The fourth-order valence-electron chi connectivity index (χ4n) is 6.14. The number of hydrogen-bond donors (Lipinski definition) is 2. The molecule has 1 aromatic rings. The van der Waals surface area contributed by atoms with Gasteiger partial charge in [0.05, 0.1) is 19.3 Å². The van der Waals surface area contributed by atoms with Crippen molar-refractivity contribution in [1.82, 2.24) is 10.6 Å². The van der Waals surface area contributed by atoms with E-state index in [0.717, 1.165) is 48.9 Å². The average molecular weight is 541 g/mol. The molecule has 172 valence electrons. The highest BCUT2D eigenvalue weighted by Gasteiger charge is 2.66. The van der Waals surface area contributed by atoms with Gasteiger partial charge < -0.3 is 24.8 Å². The molecular weight excluding hydrogens is 505 g/mol. The first-order valence-corrected chi connectivity index (χ1v) is 11.7. The van der Waals surface area contributed by atoms with E-state index in [-0.39, 0.29) is 24.0 Å². The Morgan fingerprint density at radius 1 is 1.19 bits per heavy atom. The van der Waals surface area contributed by atoms with Crippen molar-refractivity contribution in [2.45, 2.75) is 76.2 Å². The molecule has 0 aromatic heterocycles. The van der Waals surface area contributed by atoms with Crippen molar-refractivity contribution in [3.8, 4) is 11.5 Å². The lowest BCUT2D eigenvalue weighted by molar-refractivity contribution is -0.171. The summed E-state index contributed by atoms with van der Waals surface area (Å²) in [5.41, 5.74) is 1.45. The summed E-state index contributed by atoms with van der Waals surface area (Å²) < 4.78 is 18.0. The van der Waals surface area contributed by atoms with Crippen molar-refractivity contribution < 1.29 is 14.2 Å². The lowest BCUT2D eigenvalue weighted by atomic mass is 9.46. The lowest BCUT2D eigenvalue weighted by Crippen LogP contribution is -2.72. The van der Waals surface area contributed by atoms with E-state index in [4.69, 9.17) is 14.2 Å². The third-order valence-electron chi connectivity index (χ3n) is 7.87. The van der Waals surface area contributed by atoms with Gasteiger partial charge in [0.15, 0.2) is 17.5 Å².